The first kappa shape index (κ1) is 33.7. The van der Waals surface area contributed by atoms with Crippen molar-refractivity contribution in [1.29, 1.82) is 0 Å². The molecule has 2 unspecified atom stereocenters. The number of unbranched alkanes of at least 4 members (excludes halogenated alkanes) is 5. The molecule has 1 heterocycles. The number of aliphatic hydroxyl groups excluding tert-OH is 1. The minimum absolute atomic E-state index is 0.0953. The summed E-state index contributed by atoms with van der Waals surface area (Å²) < 4.78 is 11.5. The lowest BCUT2D eigenvalue weighted by atomic mass is 9.92. The van der Waals surface area contributed by atoms with Crippen LogP contribution in [-0.2, 0) is 20.7 Å². The van der Waals surface area contributed by atoms with Gasteiger partial charge in [-0.1, -0.05) is 62.8 Å². The Kier molecular flexibility index (Phi) is 13.9. The summed E-state index contributed by atoms with van der Waals surface area (Å²) in [5.41, 5.74) is 4.12. The number of hydrogen-bond donors (Lipinski definition) is 2. The van der Waals surface area contributed by atoms with E-state index in [1.807, 2.05) is 31.3 Å². The van der Waals surface area contributed by atoms with Crippen LogP contribution in [0.25, 0.3) is 0 Å². The normalized spacial score (nSPS) is 15.5. The van der Waals surface area contributed by atoms with Crippen LogP contribution in [0.1, 0.15) is 87.5 Å². The third kappa shape index (κ3) is 10.5. The van der Waals surface area contributed by atoms with Crippen LogP contribution in [0.15, 0.2) is 36.4 Å². The minimum Gasteiger partial charge on any atom is -0.491 e. The van der Waals surface area contributed by atoms with E-state index in [-0.39, 0.29) is 18.4 Å². The Morgan fingerprint density at radius 1 is 1.12 bits per heavy atom. The highest BCUT2D eigenvalue weighted by atomic mass is 35.5. The molecular formula is C33H47ClN2O6. The number of benzene rings is 2. The van der Waals surface area contributed by atoms with Gasteiger partial charge in [-0.05, 0) is 60.2 Å². The van der Waals surface area contributed by atoms with E-state index in [9.17, 15) is 14.7 Å². The van der Waals surface area contributed by atoms with Gasteiger partial charge in [-0.25, -0.2) is 4.79 Å². The summed E-state index contributed by atoms with van der Waals surface area (Å²) in [6, 6.07) is 11.8. The average Bonchev–Trinajstić information content (AvgIpc) is 3.13. The van der Waals surface area contributed by atoms with Gasteiger partial charge in [0.1, 0.15) is 18.5 Å². The highest BCUT2D eigenvalue weighted by Gasteiger charge is 2.27. The number of amides is 1. The smallest absolute Gasteiger partial charge is 0.329 e. The van der Waals surface area contributed by atoms with Crippen molar-refractivity contribution in [1.82, 2.24) is 4.90 Å². The molecule has 1 amide bonds. The molecule has 232 valence electrons. The van der Waals surface area contributed by atoms with Crippen molar-refractivity contribution in [2.24, 2.45) is 0 Å². The summed E-state index contributed by atoms with van der Waals surface area (Å²) in [7, 11) is 1.85. The molecule has 2 aromatic rings. The van der Waals surface area contributed by atoms with Crippen molar-refractivity contribution in [3.05, 3.63) is 58.1 Å². The number of ether oxygens (including phenoxy) is 2. The molecular weight excluding hydrogens is 556 g/mol. The van der Waals surface area contributed by atoms with Crippen molar-refractivity contribution >= 4 is 29.2 Å². The van der Waals surface area contributed by atoms with Gasteiger partial charge in [-0.2, -0.15) is 0 Å². The lowest BCUT2D eigenvalue weighted by molar-refractivity contribution is -0.143. The van der Waals surface area contributed by atoms with E-state index >= 15 is 0 Å². The molecule has 1 aliphatic rings. The SMILES string of the molecule is CCCc1cc(Cl)ccc1C1COc2ccc(C(O)COCC(=O)O)cc2N(CCCCCCCCN(C)C(C)=O)C1. The van der Waals surface area contributed by atoms with Gasteiger partial charge in [0.25, 0.3) is 0 Å². The molecule has 8 nitrogen and oxygen atoms in total. The van der Waals surface area contributed by atoms with Gasteiger partial charge in [-0.3, -0.25) is 4.79 Å². The first-order valence-electron chi connectivity index (χ1n) is 15.2. The molecule has 0 bridgehead atoms. The number of halogens is 1. The van der Waals surface area contributed by atoms with Crippen molar-refractivity contribution in [3.63, 3.8) is 0 Å². The average molecular weight is 603 g/mol. The molecule has 0 fully saturated rings. The number of aryl methyl sites for hydroxylation is 1. The Morgan fingerprint density at radius 2 is 1.86 bits per heavy atom. The Labute approximate surface area is 255 Å². The maximum absolute atomic E-state index is 11.4. The molecule has 0 saturated carbocycles. The van der Waals surface area contributed by atoms with Crippen LogP contribution in [0.3, 0.4) is 0 Å². The molecule has 2 aromatic carbocycles. The lowest BCUT2D eigenvalue weighted by Crippen LogP contribution is -2.30. The van der Waals surface area contributed by atoms with Crippen LogP contribution < -0.4 is 9.64 Å². The Bertz CT molecular complexity index is 1160. The van der Waals surface area contributed by atoms with E-state index in [4.69, 9.17) is 26.2 Å². The first-order valence-corrected chi connectivity index (χ1v) is 15.6. The van der Waals surface area contributed by atoms with Crippen molar-refractivity contribution in [3.8, 4) is 5.75 Å². The lowest BCUT2D eigenvalue weighted by Gasteiger charge is -2.28. The predicted octanol–water partition coefficient (Wildman–Crippen LogP) is 6.23. The summed E-state index contributed by atoms with van der Waals surface area (Å²) in [6.45, 7) is 6.21. The van der Waals surface area contributed by atoms with Crippen molar-refractivity contribution in [2.45, 2.75) is 77.2 Å². The zero-order valence-corrected chi connectivity index (χ0v) is 26.1. The fourth-order valence-corrected chi connectivity index (χ4v) is 5.64. The second kappa shape index (κ2) is 17.3. The Balaban J connectivity index is 1.71. The number of hydrogen-bond acceptors (Lipinski definition) is 6. The molecule has 9 heteroatoms. The van der Waals surface area contributed by atoms with Gasteiger partial charge >= 0.3 is 5.97 Å². The van der Waals surface area contributed by atoms with E-state index in [1.165, 1.54) is 11.1 Å². The third-order valence-electron chi connectivity index (χ3n) is 7.86. The van der Waals surface area contributed by atoms with Crippen LogP contribution in [0, 0.1) is 0 Å². The van der Waals surface area contributed by atoms with E-state index in [0.29, 0.717) is 12.2 Å². The van der Waals surface area contributed by atoms with Gasteiger partial charge in [0.15, 0.2) is 0 Å². The summed E-state index contributed by atoms with van der Waals surface area (Å²) in [4.78, 5) is 26.3. The van der Waals surface area contributed by atoms with Crippen molar-refractivity contribution < 1.29 is 29.3 Å². The Hall–Kier alpha value is -2.81. The number of carboxylic acids is 1. The van der Waals surface area contributed by atoms with E-state index in [1.54, 1.807) is 11.8 Å². The van der Waals surface area contributed by atoms with E-state index in [2.05, 4.69) is 24.0 Å². The fourth-order valence-electron chi connectivity index (χ4n) is 5.45. The van der Waals surface area contributed by atoms with Gasteiger partial charge in [-0.15, -0.1) is 0 Å². The van der Waals surface area contributed by atoms with Crippen LogP contribution in [0.2, 0.25) is 5.02 Å². The Morgan fingerprint density at radius 3 is 2.57 bits per heavy atom. The van der Waals surface area contributed by atoms with Gasteiger partial charge in [0.2, 0.25) is 5.91 Å². The monoisotopic (exact) mass is 602 g/mol. The van der Waals surface area contributed by atoms with Crippen molar-refractivity contribution in [2.75, 3.05) is 51.4 Å². The number of carbonyl (C=O) groups is 2. The summed E-state index contributed by atoms with van der Waals surface area (Å²) in [6.07, 6.45) is 7.59. The second-order valence-electron chi connectivity index (χ2n) is 11.3. The molecule has 0 radical (unpaired) electrons. The molecule has 0 saturated heterocycles. The van der Waals surface area contributed by atoms with Gasteiger partial charge in [0.05, 0.1) is 18.9 Å². The molecule has 0 aromatic heterocycles. The number of nitrogens with zero attached hydrogens (tertiary/aromatic N) is 2. The van der Waals surface area contributed by atoms with Crippen LogP contribution in [0.4, 0.5) is 5.69 Å². The number of fused-ring (bicyclic) bond motifs is 1. The highest BCUT2D eigenvalue weighted by molar-refractivity contribution is 6.30. The van der Waals surface area contributed by atoms with Crippen LogP contribution >= 0.6 is 11.6 Å². The number of anilines is 1. The standard InChI is InChI=1S/C33H47ClN2O6/c1-4-11-25-18-28(34)13-14-29(25)27-20-36(17-10-8-6-5-7-9-16-35(3)24(2)37)30-19-26(12-15-32(30)42-21-27)31(38)22-41-23-33(39)40/h12-15,18-19,27,31,38H,4-11,16-17,20-23H2,1-3H3,(H,39,40). The summed E-state index contributed by atoms with van der Waals surface area (Å²) in [5.74, 6) is -0.0241. The van der Waals surface area contributed by atoms with Gasteiger partial charge < -0.3 is 29.5 Å². The fraction of sp³-hybridized carbons (Fsp3) is 0.576. The number of aliphatic carboxylic acids is 1. The largest absolute Gasteiger partial charge is 0.491 e. The second-order valence-corrected chi connectivity index (χ2v) is 11.7. The van der Waals surface area contributed by atoms with Crippen LogP contribution in [-0.4, -0.2) is 73.5 Å². The summed E-state index contributed by atoms with van der Waals surface area (Å²) in [5, 5.41) is 20.3. The number of carboxylic acid groups (broad SMARTS) is 1. The first-order chi connectivity index (χ1) is 20.2. The molecule has 2 N–H and O–H groups in total. The maximum atomic E-state index is 11.4. The number of rotatable bonds is 17. The van der Waals surface area contributed by atoms with E-state index in [0.717, 1.165) is 87.5 Å². The molecule has 2 atom stereocenters. The van der Waals surface area contributed by atoms with Crippen LogP contribution in [0.5, 0.6) is 5.75 Å². The van der Waals surface area contributed by atoms with E-state index < -0.39 is 18.7 Å². The molecule has 3 rings (SSSR count). The number of aliphatic hydroxyl groups is 1. The number of carbonyl (C=O) groups excluding carboxylic acids is 1. The molecule has 42 heavy (non-hydrogen) atoms. The summed E-state index contributed by atoms with van der Waals surface area (Å²) >= 11 is 6.36. The predicted molar refractivity (Wildman–Crippen MR) is 167 cm³/mol. The highest BCUT2D eigenvalue weighted by Crippen LogP contribution is 2.38. The molecule has 0 spiro atoms. The third-order valence-corrected chi connectivity index (χ3v) is 8.10. The topological polar surface area (TPSA) is 99.5 Å². The minimum atomic E-state index is -1.07. The maximum Gasteiger partial charge on any atom is 0.329 e. The quantitative estimate of drug-likeness (QED) is 0.207. The zero-order chi connectivity index (χ0) is 30.5. The molecule has 1 aliphatic heterocycles. The molecule has 0 aliphatic carbocycles. The van der Waals surface area contributed by atoms with Gasteiger partial charge in [0, 0.05) is 44.5 Å². The zero-order valence-electron chi connectivity index (χ0n) is 25.3.